The molecule has 2 heterocycles. The number of aromatic nitrogens is 2. The summed E-state index contributed by atoms with van der Waals surface area (Å²) in [4.78, 5) is 28.3. The molecule has 142 valence electrons. The molecule has 8 heteroatoms. The van der Waals surface area contributed by atoms with Gasteiger partial charge in [-0.3, -0.25) is 4.57 Å². The Morgan fingerprint density at radius 3 is 2.93 bits per heavy atom. The molecule has 1 aromatic heterocycles. The van der Waals surface area contributed by atoms with Crippen LogP contribution in [0.15, 0.2) is 47.0 Å². The van der Waals surface area contributed by atoms with Crippen LogP contribution in [0.5, 0.6) is 0 Å². The molecule has 0 unspecified atom stereocenters. The molecule has 0 atom stereocenters. The second-order valence-corrected chi connectivity index (χ2v) is 7.09. The van der Waals surface area contributed by atoms with Crippen LogP contribution in [0.1, 0.15) is 18.1 Å². The SMILES string of the molecule is CCOC(=O)C1=C(CSc2nccn2-c2ccc(C)cc2C)NC(=O)NC1. The number of thioether (sulfide) groups is 1. The van der Waals surface area contributed by atoms with E-state index in [1.54, 1.807) is 13.1 Å². The monoisotopic (exact) mass is 386 g/mol. The fraction of sp³-hybridized carbons (Fsp3) is 0.316. The highest BCUT2D eigenvalue weighted by Gasteiger charge is 2.24. The minimum atomic E-state index is -0.418. The Morgan fingerprint density at radius 2 is 2.19 bits per heavy atom. The van der Waals surface area contributed by atoms with Gasteiger partial charge in [0.15, 0.2) is 5.16 Å². The van der Waals surface area contributed by atoms with E-state index in [4.69, 9.17) is 4.74 Å². The number of amides is 2. The lowest BCUT2D eigenvalue weighted by molar-refractivity contribution is -0.138. The quantitative estimate of drug-likeness (QED) is 0.589. The van der Waals surface area contributed by atoms with Crippen molar-refractivity contribution in [3.8, 4) is 5.69 Å². The summed E-state index contributed by atoms with van der Waals surface area (Å²) >= 11 is 1.45. The lowest BCUT2D eigenvalue weighted by atomic mass is 10.1. The Morgan fingerprint density at radius 1 is 1.37 bits per heavy atom. The van der Waals surface area contributed by atoms with Crippen molar-refractivity contribution in [3.05, 3.63) is 53.0 Å². The third-order valence-corrected chi connectivity index (χ3v) is 5.13. The number of aryl methyl sites for hydroxylation is 2. The van der Waals surface area contributed by atoms with Crippen LogP contribution in [0.25, 0.3) is 5.69 Å². The summed E-state index contributed by atoms with van der Waals surface area (Å²) < 4.78 is 7.09. The largest absolute Gasteiger partial charge is 0.463 e. The number of carbonyl (C=O) groups is 2. The smallest absolute Gasteiger partial charge is 0.337 e. The highest BCUT2D eigenvalue weighted by atomic mass is 32.2. The van der Waals surface area contributed by atoms with Crippen molar-refractivity contribution < 1.29 is 14.3 Å². The van der Waals surface area contributed by atoms with E-state index < -0.39 is 5.97 Å². The van der Waals surface area contributed by atoms with Crippen LogP contribution in [0.4, 0.5) is 4.79 Å². The molecule has 2 aromatic rings. The number of carbonyl (C=O) groups excluding carboxylic acids is 2. The van der Waals surface area contributed by atoms with Crippen LogP contribution in [0.2, 0.25) is 0 Å². The number of rotatable bonds is 6. The topological polar surface area (TPSA) is 85.2 Å². The van der Waals surface area contributed by atoms with E-state index in [1.807, 2.05) is 10.8 Å². The lowest BCUT2D eigenvalue weighted by Crippen LogP contribution is -2.44. The number of esters is 1. The zero-order valence-electron chi connectivity index (χ0n) is 15.5. The number of hydrogen-bond donors (Lipinski definition) is 2. The highest BCUT2D eigenvalue weighted by Crippen LogP contribution is 2.25. The summed E-state index contributed by atoms with van der Waals surface area (Å²) in [6.07, 6.45) is 3.64. The second kappa shape index (κ2) is 8.30. The number of benzene rings is 1. The van der Waals surface area contributed by atoms with Crippen LogP contribution < -0.4 is 10.6 Å². The number of hydrogen-bond acceptors (Lipinski definition) is 5. The molecule has 2 N–H and O–H groups in total. The first-order valence-electron chi connectivity index (χ1n) is 8.67. The summed E-state index contributed by atoms with van der Waals surface area (Å²) in [5.41, 5.74) is 4.39. The Kier molecular flexibility index (Phi) is 5.85. The van der Waals surface area contributed by atoms with Crippen LogP contribution in [-0.2, 0) is 9.53 Å². The van der Waals surface area contributed by atoms with Gasteiger partial charge in [0, 0.05) is 23.8 Å². The van der Waals surface area contributed by atoms with E-state index in [0.29, 0.717) is 17.0 Å². The fourth-order valence-electron chi connectivity index (χ4n) is 2.86. The zero-order chi connectivity index (χ0) is 19.4. The normalized spacial score (nSPS) is 14.0. The van der Waals surface area contributed by atoms with Crippen molar-refractivity contribution in [2.24, 2.45) is 0 Å². The Bertz CT molecular complexity index is 904. The van der Waals surface area contributed by atoms with Gasteiger partial charge in [-0.05, 0) is 32.4 Å². The van der Waals surface area contributed by atoms with Crippen molar-refractivity contribution in [2.45, 2.75) is 25.9 Å². The minimum absolute atomic E-state index is 0.159. The molecule has 0 fully saturated rings. The summed E-state index contributed by atoms with van der Waals surface area (Å²) in [7, 11) is 0. The number of imidazole rings is 1. The predicted octanol–water partition coefficient (Wildman–Crippen LogP) is 2.71. The van der Waals surface area contributed by atoms with Crippen molar-refractivity contribution in [1.29, 1.82) is 0 Å². The van der Waals surface area contributed by atoms with Gasteiger partial charge in [-0.2, -0.15) is 0 Å². The molecule has 7 nitrogen and oxygen atoms in total. The number of urea groups is 1. The molecule has 1 aliphatic rings. The third-order valence-electron chi connectivity index (χ3n) is 4.14. The van der Waals surface area contributed by atoms with Gasteiger partial charge in [0.05, 0.1) is 24.4 Å². The maximum Gasteiger partial charge on any atom is 0.337 e. The molecular weight excluding hydrogens is 364 g/mol. The van der Waals surface area contributed by atoms with Crippen molar-refractivity contribution >= 4 is 23.8 Å². The number of nitrogens with zero attached hydrogens (tertiary/aromatic N) is 2. The fourth-order valence-corrected chi connectivity index (χ4v) is 3.81. The standard InChI is InChI=1S/C19H22N4O3S/c1-4-26-17(24)14-10-21-18(25)22-15(14)11-27-19-20-7-8-23(19)16-6-5-12(2)9-13(16)3/h5-9H,4,10-11H2,1-3H3,(H2,21,22,25). The first-order chi connectivity index (χ1) is 13.0. The first-order valence-corrected chi connectivity index (χ1v) is 9.66. The van der Waals surface area contributed by atoms with Crippen LogP contribution in [0.3, 0.4) is 0 Å². The molecule has 0 aliphatic carbocycles. The van der Waals surface area contributed by atoms with E-state index in [0.717, 1.165) is 16.4 Å². The van der Waals surface area contributed by atoms with Gasteiger partial charge in [-0.1, -0.05) is 29.5 Å². The first kappa shape index (κ1) is 19.0. The molecule has 27 heavy (non-hydrogen) atoms. The molecule has 0 saturated heterocycles. The van der Waals surface area contributed by atoms with Gasteiger partial charge >= 0.3 is 12.0 Å². The van der Waals surface area contributed by atoms with Gasteiger partial charge in [0.25, 0.3) is 0 Å². The zero-order valence-corrected chi connectivity index (χ0v) is 16.4. The second-order valence-electron chi connectivity index (χ2n) is 6.14. The molecule has 3 rings (SSSR count). The van der Waals surface area contributed by atoms with E-state index in [-0.39, 0.29) is 19.2 Å². The van der Waals surface area contributed by atoms with Crippen molar-refractivity contribution in [1.82, 2.24) is 20.2 Å². The van der Waals surface area contributed by atoms with Crippen molar-refractivity contribution in [2.75, 3.05) is 18.9 Å². The van der Waals surface area contributed by atoms with E-state index >= 15 is 0 Å². The Hall–Kier alpha value is -2.74. The maximum absolute atomic E-state index is 12.1. The molecule has 0 bridgehead atoms. The van der Waals surface area contributed by atoms with E-state index in [1.165, 1.54) is 17.3 Å². The summed E-state index contributed by atoms with van der Waals surface area (Å²) in [6.45, 7) is 6.32. The number of ether oxygens (including phenoxy) is 1. The lowest BCUT2D eigenvalue weighted by Gasteiger charge is -2.21. The molecule has 1 aromatic carbocycles. The predicted molar refractivity (Wildman–Crippen MR) is 104 cm³/mol. The van der Waals surface area contributed by atoms with Gasteiger partial charge < -0.3 is 15.4 Å². The summed E-state index contributed by atoms with van der Waals surface area (Å²) in [5, 5.41) is 6.11. The average Bonchev–Trinajstić information content (AvgIpc) is 3.08. The maximum atomic E-state index is 12.1. The van der Waals surface area contributed by atoms with Gasteiger partial charge in [0.2, 0.25) is 0 Å². The van der Waals surface area contributed by atoms with E-state index in [9.17, 15) is 9.59 Å². The molecule has 2 amide bonds. The molecule has 0 spiro atoms. The third kappa shape index (κ3) is 4.33. The van der Waals surface area contributed by atoms with Crippen LogP contribution in [0, 0.1) is 13.8 Å². The average molecular weight is 386 g/mol. The van der Waals surface area contributed by atoms with Gasteiger partial charge in [-0.15, -0.1) is 0 Å². The highest BCUT2D eigenvalue weighted by molar-refractivity contribution is 7.99. The molecular formula is C19H22N4O3S. The molecule has 1 aliphatic heterocycles. The Balaban J connectivity index is 1.83. The molecule has 0 radical (unpaired) electrons. The Labute approximate surface area is 162 Å². The van der Waals surface area contributed by atoms with Crippen LogP contribution in [-0.4, -0.2) is 40.5 Å². The van der Waals surface area contributed by atoms with E-state index in [2.05, 4.69) is 47.7 Å². The minimum Gasteiger partial charge on any atom is -0.463 e. The van der Waals surface area contributed by atoms with Crippen molar-refractivity contribution in [3.63, 3.8) is 0 Å². The summed E-state index contributed by atoms with van der Waals surface area (Å²) in [5.74, 6) is -0.0120. The number of nitrogens with one attached hydrogen (secondary N) is 2. The molecule has 0 saturated carbocycles. The van der Waals surface area contributed by atoms with Gasteiger partial charge in [0.1, 0.15) is 0 Å². The van der Waals surface area contributed by atoms with Gasteiger partial charge in [-0.25, -0.2) is 14.6 Å². The van der Waals surface area contributed by atoms with Crippen LogP contribution >= 0.6 is 11.8 Å². The summed E-state index contributed by atoms with van der Waals surface area (Å²) in [6, 6.07) is 5.92.